The molecule has 0 aliphatic carbocycles. The van der Waals surface area contributed by atoms with Crippen LogP contribution in [0.5, 0.6) is 0 Å². The quantitative estimate of drug-likeness (QED) is 0.172. The van der Waals surface area contributed by atoms with Gasteiger partial charge in [0.15, 0.2) is 0 Å². The van der Waals surface area contributed by atoms with Crippen LogP contribution < -0.4 is 0 Å². The Bertz CT molecular complexity index is 2840. The van der Waals surface area contributed by atoms with E-state index in [4.69, 9.17) is 4.42 Å². The van der Waals surface area contributed by atoms with Gasteiger partial charge in [-0.25, -0.2) is 0 Å². The van der Waals surface area contributed by atoms with E-state index in [2.05, 4.69) is 165 Å². The lowest BCUT2D eigenvalue weighted by Crippen LogP contribution is -2.04. The average Bonchev–Trinajstić information content (AvgIpc) is 3.55. The first kappa shape index (κ1) is 31.3. The molecule has 1 aromatic heterocycles. The van der Waals surface area contributed by atoms with E-state index in [1.165, 1.54) is 116 Å². The maximum atomic E-state index is 6.52. The minimum absolute atomic E-state index is 0.926. The molecule has 0 unspecified atom stereocenters. The van der Waals surface area contributed by atoms with Gasteiger partial charge in [0.2, 0.25) is 0 Å². The Hall–Kier alpha value is -5.66. The number of hydrogen-bond acceptors (Lipinski definition) is 1. The zero-order chi connectivity index (χ0) is 35.3. The van der Waals surface area contributed by atoms with Crippen molar-refractivity contribution in [3.05, 3.63) is 154 Å². The van der Waals surface area contributed by atoms with Crippen molar-refractivity contribution in [2.24, 2.45) is 0 Å². The lowest BCUT2D eigenvalue weighted by molar-refractivity contribution is 0.669. The zero-order valence-corrected chi connectivity index (χ0v) is 30.8. The predicted octanol–water partition coefficient (Wildman–Crippen LogP) is 14.5. The summed E-state index contributed by atoms with van der Waals surface area (Å²) in [6.07, 6.45) is 0. The second kappa shape index (κ2) is 11.4. The Balaban J connectivity index is 1.58. The van der Waals surface area contributed by atoms with Crippen molar-refractivity contribution in [1.82, 2.24) is 0 Å². The van der Waals surface area contributed by atoms with Crippen molar-refractivity contribution in [2.45, 2.75) is 55.4 Å². The summed E-state index contributed by atoms with van der Waals surface area (Å²) in [5, 5.41) is 10.3. The van der Waals surface area contributed by atoms with Crippen LogP contribution in [0.4, 0.5) is 0 Å². The molecule has 9 rings (SSSR count). The highest BCUT2D eigenvalue weighted by atomic mass is 16.3. The fourth-order valence-corrected chi connectivity index (χ4v) is 9.03. The molecule has 0 bridgehead atoms. The first-order valence-electron chi connectivity index (χ1n) is 18.1. The van der Waals surface area contributed by atoms with Gasteiger partial charge in [0.1, 0.15) is 11.2 Å². The molecule has 51 heavy (non-hydrogen) atoms. The van der Waals surface area contributed by atoms with Crippen LogP contribution in [0.2, 0.25) is 0 Å². The van der Waals surface area contributed by atoms with Gasteiger partial charge in [0.05, 0.1) is 0 Å². The van der Waals surface area contributed by atoms with Crippen LogP contribution in [0.25, 0.3) is 87.6 Å². The van der Waals surface area contributed by atoms with Crippen LogP contribution in [-0.4, -0.2) is 0 Å². The average molecular weight is 659 g/mol. The summed E-state index contributed by atoms with van der Waals surface area (Å²) in [5.41, 5.74) is 20.4. The van der Waals surface area contributed by atoms with Crippen molar-refractivity contribution in [3.8, 4) is 33.4 Å². The normalized spacial score (nSPS) is 11.9. The van der Waals surface area contributed by atoms with Crippen molar-refractivity contribution < 1.29 is 4.42 Å². The van der Waals surface area contributed by atoms with Gasteiger partial charge in [0, 0.05) is 10.8 Å². The van der Waals surface area contributed by atoms with Crippen molar-refractivity contribution >= 4 is 54.3 Å². The predicted molar refractivity (Wildman–Crippen MR) is 220 cm³/mol. The summed E-state index contributed by atoms with van der Waals surface area (Å²) in [6.45, 7) is 18.6. The fraction of sp³-hybridized carbons (Fsp3) is 0.160. The largest absolute Gasteiger partial charge is 0.456 e. The smallest absolute Gasteiger partial charge is 0.136 e. The molecule has 0 saturated heterocycles. The highest BCUT2D eigenvalue weighted by Crippen LogP contribution is 2.53. The lowest BCUT2D eigenvalue weighted by Gasteiger charge is -2.28. The third-order valence-corrected chi connectivity index (χ3v) is 12.3. The number of aryl methyl sites for hydroxylation is 4. The van der Waals surface area contributed by atoms with Gasteiger partial charge in [-0.3, -0.25) is 0 Å². The molecule has 0 aliphatic rings. The summed E-state index contributed by atoms with van der Waals surface area (Å²) in [4.78, 5) is 0. The second-order valence-electron chi connectivity index (χ2n) is 14.6. The molecule has 0 aliphatic heterocycles. The minimum atomic E-state index is 0.926. The molecule has 0 amide bonds. The van der Waals surface area contributed by atoms with Gasteiger partial charge >= 0.3 is 0 Å². The number of para-hydroxylation sites is 1. The van der Waals surface area contributed by atoms with E-state index in [1.807, 2.05) is 0 Å². The van der Waals surface area contributed by atoms with E-state index in [0.29, 0.717) is 0 Å². The highest BCUT2D eigenvalue weighted by molar-refractivity contribution is 6.30. The molecular weight excluding hydrogens is 617 g/mol. The van der Waals surface area contributed by atoms with E-state index in [1.54, 1.807) is 0 Å². The van der Waals surface area contributed by atoms with Crippen molar-refractivity contribution in [1.29, 1.82) is 0 Å². The van der Waals surface area contributed by atoms with Crippen LogP contribution in [0.3, 0.4) is 0 Å². The summed E-state index contributed by atoms with van der Waals surface area (Å²) in [7, 11) is 0. The molecule has 0 atom stereocenters. The Kier molecular flexibility index (Phi) is 7.03. The second-order valence-corrected chi connectivity index (χ2v) is 14.6. The Morgan fingerprint density at radius 3 is 1.29 bits per heavy atom. The molecule has 1 nitrogen and oxygen atoms in total. The number of benzene rings is 8. The molecule has 0 radical (unpaired) electrons. The fourth-order valence-electron chi connectivity index (χ4n) is 9.03. The van der Waals surface area contributed by atoms with Gasteiger partial charge in [-0.15, -0.1) is 0 Å². The number of fused-ring (bicyclic) bond motifs is 6. The van der Waals surface area contributed by atoms with E-state index in [0.717, 1.165) is 16.6 Å². The Labute approximate surface area is 300 Å². The van der Waals surface area contributed by atoms with Gasteiger partial charge in [0.25, 0.3) is 0 Å². The number of furan rings is 1. The van der Waals surface area contributed by atoms with Gasteiger partial charge in [-0.1, -0.05) is 97.1 Å². The summed E-state index contributed by atoms with van der Waals surface area (Å²) >= 11 is 0. The van der Waals surface area contributed by atoms with Crippen LogP contribution >= 0.6 is 0 Å². The zero-order valence-electron chi connectivity index (χ0n) is 30.8. The molecular formula is C50H42O. The monoisotopic (exact) mass is 658 g/mol. The molecule has 8 aromatic carbocycles. The van der Waals surface area contributed by atoms with E-state index >= 15 is 0 Å². The first-order chi connectivity index (χ1) is 24.7. The SMILES string of the molecule is Cc1c(C)c(C)c2c(-c3cccc4oc5ccccc5c34)c3c(C)c(C)c(C)c(C)c3c(-c3ccc(-c4ccccc4)c4ccccc34)c2c1C. The number of rotatable bonds is 3. The highest BCUT2D eigenvalue weighted by Gasteiger charge is 2.28. The van der Waals surface area contributed by atoms with Gasteiger partial charge in [-0.2, -0.15) is 0 Å². The summed E-state index contributed by atoms with van der Waals surface area (Å²) < 4.78 is 6.52. The lowest BCUT2D eigenvalue weighted by atomic mass is 9.75. The maximum Gasteiger partial charge on any atom is 0.136 e. The maximum absolute atomic E-state index is 6.52. The van der Waals surface area contributed by atoms with Crippen LogP contribution in [0, 0.1) is 55.4 Å². The van der Waals surface area contributed by atoms with Crippen molar-refractivity contribution in [2.75, 3.05) is 0 Å². The van der Waals surface area contributed by atoms with E-state index in [9.17, 15) is 0 Å². The summed E-state index contributed by atoms with van der Waals surface area (Å²) in [5.74, 6) is 0. The van der Waals surface area contributed by atoms with E-state index in [-0.39, 0.29) is 0 Å². The van der Waals surface area contributed by atoms with Crippen LogP contribution in [0.1, 0.15) is 44.5 Å². The first-order valence-corrected chi connectivity index (χ1v) is 18.1. The van der Waals surface area contributed by atoms with Gasteiger partial charge in [-0.05, 0) is 178 Å². The molecule has 0 saturated carbocycles. The molecule has 9 aromatic rings. The Morgan fingerprint density at radius 2 is 0.725 bits per heavy atom. The third-order valence-electron chi connectivity index (χ3n) is 12.3. The molecule has 1 heteroatoms. The van der Waals surface area contributed by atoms with Crippen LogP contribution in [-0.2, 0) is 0 Å². The molecule has 0 spiro atoms. The molecule has 0 fully saturated rings. The minimum Gasteiger partial charge on any atom is -0.456 e. The summed E-state index contributed by atoms with van der Waals surface area (Å²) in [6, 6.07) is 39.7. The molecule has 1 heterocycles. The van der Waals surface area contributed by atoms with Crippen LogP contribution in [0.15, 0.2) is 114 Å². The molecule has 248 valence electrons. The Morgan fingerprint density at radius 1 is 0.294 bits per heavy atom. The molecule has 0 N–H and O–H groups in total. The third kappa shape index (κ3) is 4.34. The van der Waals surface area contributed by atoms with E-state index < -0.39 is 0 Å². The topological polar surface area (TPSA) is 13.1 Å². The van der Waals surface area contributed by atoms with Crippen molar-refractivity contribution in [3.63, 3.8) is 0 Å². The number of hydrogen-bond donors (Lipinski definition) is 0. The van der Waals surface area contributed by atoms with Gasteiger partial charge < -0.3 is 4.42 Å². The standard InChI is InChI=1S/C50H42O/c1-27-29(3)33(7)46-44(31(27)5)49(39-26-25-36(35-17-10-9-11-18-35)37-19-12-13-20-38(37)39)45-32(6)28(2)30(4)34(8)47(45)50(46)41-22-16-24-43-48(41)40-21-14-15-23-42(40)51-43/h9-26H,1-8H3.